The molecule has 0 aliphatic rings. The Bertz CT molecular complexity index is 860. The van der Waals surface area contributed by atoms with Crippen LogP contribution in [0.25, 0.3) is 0 Å². The SMILES string of the molecule is CCc1cccc(OCC(=O)Nc2ccc(S(=O)(=O)N(CC)CC)cc2)c1. The number of benzene rings is 2. The summed E-state index contributed by atoms with van der Waals surface area (Å²) in [6.45, 7) is 6.35. The van der Waals surface area contributed by atoms with Gasteiger partial charge in [0.15, 0.2) is 6.61 Å². The fourth-order valence-corrected chi connectivity index (χ4v) is 4.08. The molecule has 0 atom stereocenters. The van der Waals surface area contributed by atoms with Crippen molar-refractivity contribution in [2.24, 2.45) is 0 Å². The van der Waals surface area contributed by atoms with Crippen molar-refractivity contribution < 1.29 is 17.9 Å². The van der Waals surface area contributed by atoms with E-state index in [-0.39, 0.29) is 17.4 Å². The number of carbonyl (C=O) groups is 1. The van der Waals surface area contributed by atoms with E-state index in [2.05, 4.69) is 12.2 Å². The lowest BCUT2D eigenvalue weighted by Crippen LogP contribution is -2.30. The molecule has 0 radical (unpaired) electrons. The summed E-state index contributed by atoms with van der Waals surface area (Å²) >= 11 is 0. The Morgan fingerprint density at radius 2 is 1.70 bits per heavy atom. The van der Waals surface area contributed by atoms with E-state index in [4.69, 9.17) is 4.74 Å². The fraction of sp³-hybridized carbons (Fsp3) is 0.350. The maximum atomic E-state index is 12.5. The van der Waals surface area contributed by atoms with Gasteiger partial charge in [0.05, 0.1) is 4.90 Å². The van der Waals surface area contributed by atoms with Gasteiger partial charge in [-0.05, 0) is 48.4 Å². The Morgan fingerprint density at radius 1 is 1.04 bits per heavy atom. The molecule has 7 heteroatoms. The molecule has 0 heterocycles. The average molecular weight is 391 g/mol. The number of ether oxygens (including phenoxy) is 1. The van der Waals surface area contributed by atoms with E-state index in [0.717, 1.165) is 12.0 Å². The van der Waals surface area contributed by atoms with E-state index < -0.39 is 10.0 Å². The number of hydrogen-bond donors (Lipinski definition) is 1. The van der Waals surface area contributed by atoms with Gasteiger partial charge in [0.1, 0.15) is 5.75 Å². The van der Waals surface area contributed by atoms with Gasteiger partial charge in [0.25, 0.3) is 5.91 Å². The van der Waals surface area contributed by atoms with Crippen molar-refractivity contribution in [1.29, 1.82) is 0 Å². The number of carbonyl (C=O) groups excluding carboxylic acids is 1. The van der Waals surface area contributed by atoms with Crippen LogP contribution in [0.2, 0.25) is 0 Å². The van der Waals surface area contributed by atoms with Crippen molar-refractivity contribution >= 4 is 21.6 Å². The van der Waals surface area contributed by atoms with Crippen molar-refractivity contribution in [2.75, 3.05) is 25.0 Å². The number of anilines is 1. The Morgan fingerprint density at radius 3 is 2.30 bits per heavy atom. The highest BCUT2D eigenvalue weighted by atomic mass is 32.2. The summed E-state index contributed by atoms with van der Waals surface area (Å²) in [5, 5.41) is 2.70. The van der Waals surface area contributed by atoms with Crippen LogP contribution in [0.15, 0.2) is 53.4 Å². The molecule has 2 rings (SSSR count). The zero-order valence-electron chi connectivity index (χ0n) is 15.9. The van der Waals surface area contributed by atoms with Gasteiger partial charge in [-0.15, -0.1) is 0 Å². The molecule has 0 aromatic heterocycles. The Kier molecular flexibility index (Phi) is 7.38. The second-order valence-corrected chi connectivity index (χ2v) is 7.89. The smallest absolute Gasteiger partial charge is 0.262 e. The Labute approximate surface area is 161 Å². The van der Waals surface area contributed by atoms with Crippen molar-refractivity contribution in [3.8, 4) is 5.75 Å². The standard InChI is InChI=1S/C20H26N2O4S/c1-4-16-8-7-9-18(14-16)26-15-20(23)21-17-10-12-19(13-11-17)27(24,25)22(5-2)6-3/h7-14H,4-6,15H2,1-3H3,(H,21,23). The summed E-state index contributed by atoms with van der Waals surface area (Å²) in [5.41, 5.74) is 1.65. The van der Waals surface area contributed by atoms with Crippen LogP contribution < -0.4 is 10.1 Å². The van der Waals surface area contributed by atoms with Gasteiger partial charge in [0, 0.05) is 18.8 Å². The van der Waals surface area contributed by atoms with Crippen LogP contribution in [0.3, 0.4) is 0 Å². The summed E-state index contributed by atoms with van der Waals surface area (Å²) in [6, 6.07) is 13.7. The molecular weight excluding hydrogens is 364 g/mol. The first-order chi connectivity index (χ1) is 12.9. The van der Waals surface area contributed by atoms with E-state index in [1.165, 1.54) is 16.4 Å². The van der Waals surface area contributed by atoms with E-state index in [9.17, 15) is 13.2 Å². The molecule has 1 N–H and O–H groups in total. The number of aryl methyl sites for hydroxylation is 1. The lowest BCUT2D eigenvalue weighted by Gasteiger charge is -2.18. The quantitative estimate of drug-likeness (QED) is 0.713. The molecule has 0 spiro atoms. The van der Waals surface area contributed by atoms with Crippen LogP contribution in [-0.4, -0.2) is 38.3 Å². The topological polar surface area (TPSA) is 75.7 Å². The van der Waals surface area contributed by atoms with Crippen LogP contribution in [0.1, 0.15) is 26.3 Å². The lowest BCUT2D eigenvalue weighted by atomic mass is 10.2. The molecule has 2 aromatic carbocycles. The van der Waals surface area contributed by atoms with Gasteiger partial charge < -0.3 is 10.1 Å². The average Bonchev–Trinajstić information content (AvgIpc) is 2.67. The third kappa shape index (κ3) is 5.55. The zero-order chi connectivity index (χ0) is 19.9. The number of nitrogens with zero attached hydrogens (tertiary/aromatic N) is 1. The highest BCUT2D eigenvalue weighted by Gasteiger charge is 2.21. The molecule has 0 bridgehead atoms. The molecule has 1 amide bonds. The van der Waals surface area contributed by atoms with Gasteiger partial charge in [0.2, 0.25) is 10.0 Å². The first kappa shape index (κ1) is 20.9. The van der Waals surface area contributed by atoms with Crippen LogP contribution in [-0.2, 0) is 21.2 Å². The summed E-state index contributed by atoms with van der Waals surface area (Å²) in [5.74, 6) is 0.335. The number of hydrogen-bond acceptors (Lipinski definition) is 4. The van der Waals surface area contributed by atoms with Crippen molar-refractivity contribution in [3.63, 3.8) is 0 Å². The molecule has 27 heavy (non-hydrogen) atoms. The van der Waals surface area contributed by atoms with Crippen molar-refractivity contribution in [2.45, 2.75) is 32.1 Å². The number of nitrogens with one attached hydrogen (secondary N) is 1. The molecule has 0 aliphatic heterocycles. The second-order valence-electron chi connectivity index (χ2n) is 5.95. The summed E-state index contributed by atoms with van der Waals surface area (Å²) in [6.07, 6.45) is 0.895. The third-order valence-electron chi connectivity index (χ3n) is 4.16. The molecule has 2 aromatic rings. The molecular formula is C20H26N2O4S. The molecule has 0 unspecified atom stereocenters. The minimum atomic E-state index is -3.50. The van der Waals surface area contributed by atoms with E-state index in [1.807, 2.05) is 18.2 Å². The molecule has 0 saturated carbocycles. The monoisotopic (exact) mass is 390 g/mol. The third-order valence-corrected chi connectivity index (χ3v) is 6.22. The maximum absolute atomic E-state index is 12.5. The molecule has 0 aliphatic carbocycles. The minimum Gasteiger partial charge on any atom is -0.484 e. The second kappa shape index (κ2) is 9.53. The van der Waals surface area contributed by atoms with Crippen molar-refractivity contribution in [1.82, 2.24) is 4.31 Å². The van der Waals surface area contributed by atoms with Crippen LogP contribution in [0, 0.1) is 0 Å². The lowest BCUT2D eigenvalue weighted by molar-refractivity contribution is -0.118. The molecule has 146 valence electrons. The normalized spacial score (nSPS) is 11.4. The van der Waals surface area contributed by atoms with Crippen LogP contribution in [0.5, 0.6) is 5.75 Å². The Balaban J connectivity index is 1.96. The highest BCUT2D eigenvalue weighted by Crippen LogP contribution is 2.18. The fourth-order valence-electron chi connectivity index (χ4n) is 2.62. The maximum Gasteiger partial charge on any atom is 0.262 e. The Hall–Kier alpha value is -2.38. The van der Waals surface area contributed by atoms with E-state index in [1.54, 1.807) is 32.0 Å². The van der Waals surface area contributed by atoms with Crippen LogP contribution in [0.4, 0.5) is 5.69 Å². The largest absolute Gasteiger partial charge is 0.484 e. The molecule has 6 nitrogen and oxygen atoms in total. The van der Waals surface area contributed by atoms with E-state index in [0.29, 0.717) is 24.5 Å². The predicted octanol–water partition coefficient (Wildman–Crippen LogP) is 3.30. The minimum absolute atomic E-state index is 0.118. The predicted molar refractivity (Wildman–Crippen MR) is 106 cm³/mol. The van der Waals surface area contributed by atoms with Gasteiger partial charge >= 0.3 is 0 Å². The first-order valence-corrected chi connectivity index (χ1v) is 10.5. The van der Waals surface area contributed by atoms with Gasteiger partial charge in [-0.25, -0.2) is 8.42 Å². The van der Waals surface area contributed by atoms with Gasteiger partial charge in [-0.1, -0.05) is 32.9 Å². The van der Waals surface area contributed by atoms with Gasteiger partial charge in [-0.2, -0.15) is 4.31 Å². The van der Waals surface area contributed by atoms with Crippen LogP contribution >= 0.6 is 0 Å². The summed E-state index contributed by atoms with van der Waals surface area (Å²) < 4.78 is 31.8. The van der Waals surface area contributed by atoms with E-state index >= 15 is 0 Å². The number of amides is 1. The number of sulfonamides is 1. The molecule has 0 saturated heterocycles. The molecule has 0 fully saturated rings. The first-order valence-electron chi connectivity index (χ1n) is 9.02. The van der Waals surface area contributed by atoms with Gasteiger partial charge in [-0.3, -0.25) is 4.79 Å². The zero-order valence-corrected chi connectivity index (χ0v) is 16.8. The highest BCUT2D eigenvalue weighted by molar-refractivity contribution is 7.89. The number of rotatable bonds is 9. The summed E-state index contributed by atoms with van der Waals surface area (Å²) in [7, 11) is -3.50. The summed E-state index contributed by atoms with van der Waals surface area (Å²) in [4.78, 5) is 12.3. The van der Waals surface area contributed by atoms with Crippen molar-refractivity contribution in [3.05, 3.63) is 54.1 Å².